The van der Waals surface area contributed by atoms with Gasteiger partial charge in [0.05, 0.1) is 0 Å². The van der Waals surface area contributed by atoms with Gasteiger partial charge in [-0.3, -0.25) is 4.79 Å². The smallest absolute Gasteiger partial charge is 0.267 e. The van der Waals surface area contributed by atoms with E-state index in [4.69, 9.17) is 11.6 Å². The molecule has 0 aliphatic carbocycles. The SMILES string of the molecule is CN1CCN(c2ccc(CNC(=O)c3cc4cc(Cl)ccc4[nH]3)cn2)CC1. The number of hydrogen-bond acceptors (Lipinski definition) is 4. The fourth-order valence-electron chi connectivity index (χ4n) is 3.25. The molecule has 1 amide bonds. The first-order valence-corrected chi connectivity index (χ1v) is 9.41. The van der Waals surface area contributed by atoms with Crippen LogP contribution in [0.2, 0.25) is 5.02 Å². The molecule has 6 nitrogen and oxygen atoms in total. The largest absolute Gasteiger partial charge is 0.354 e. The van der Waals surface area contributed by atoms with Crippen molar-refractivity contribution in [1.29, 1.82) is 0 Å². The van der Waals surface area contributed by atoms with E-state index >= 15 is 0 Å². The minimum Gasteiger partial charge on any atom is -0.354 e. The summed E-state index contributed by atoms with van der Waals surface area (Å²) in [7, 11) is 2.14. The number of hydrogen-bond donors (Lipinski definition) is 2. The highest BCUT2D eigenvalue weighted by molar-refractivity contribution is 6.31. The molecule has 1 saturated heterocycles. The van der Waals surface area contributed by atoms with Crippen LogP contribution in [0.3, 0.4) is 0 Å². The zero-order valence-corrected chi connectivity index (χ0v) is 16.0. The summed E-state index contributed by atoms with van der Waals surface area (Å²) in [5.74, 6) is 0.844. The first kappa shape index (κ1) is 17.8. The van der Waals surface area contributed by atoms with Gasteiger partial charge in [-0.1, -0.05) is 17.7 Å². The van der Waals surface area contributed by atoms with E-state index in [9.17, 15) is 4.79 Å². The number of pyridine rings is 1. The fraction of sp³-hybridized carbons (Fsp3) is 0.300. The zero-order valence-electron chi connectivity index (χ0n) is 15.2. The minimum atomic E-state index is -0.148. The molecule has 7 heteroatoms. The number of carbonyl (C=O) groups is 1. The number of piperazine rings is 1. The molecular weight excluding hydrogens is 362 g/mol. The zero-order chi connectivity index (χ0) is 18.8. The van der Waals surface area contributed by atoms with Crippen molar-refractivity contribution in [3.63, 3.8) is 0 Å². The number of nitrogens with zero attached hydrogens (tertiary/aromatic N) is 3. The Morgan fingerprint density at radius 3 is 2.74 bits per heavy atom. The first-order chi connectivity index (χ1) is 13.1. The van der Waals surface area contributed by atoms with Gasteiger partial charge in [0, 0.05) is 54.8 Å². The number of aromatic amines is 1. The number of anilines is 1. The van der Waals surface area contributed by atoms with E-state index < -0.39 is 0 Å². The van der Waals surface area contributed by atoms with Crippen LogP contribution in [-0.4, -0.2) is 54.0 Å². The summed E-state index contributed by atoms with van der Waals surface area (Å²) in [6.07, 6.45) is 1.83. The highest BCUT2D eigenvalue weighted by Gasteiger charge is 2.15. The third-order valence-electron chi connectivity index (χ3n) is 4.92. The molecular formula is C20H22ClN5O. The third kappa shape index (κ3) is 4.07. The molecule has 2 N–H and O–H groups in total. The lowest BCUT2D eigenvalue weighted by molar-refractivity contribution is 0.0946. The maximum atomic E-state index is 12.4. The topological polar surface area (TPSA) is 64.3 Å². The summed E-state index contributed by atoms with van der Waals surface area (Å²) in [5, 5.41) is 4.51. The quantitative estimate of drug-likeness (QED) is 0.727. The Labute approximate surface area is 163 Å². The molecule has 1 fully saturated rings. The summed E-state index contributed by atoms with van der Waals surface area (Å²) >= 11 is 6.00. The molecule has 0 saturated carbocycles. The fourth-order valence-corrected chi connectivity index (χ4v) is 3.43. The molecule has 1 aromatic carbocycles. The predicted molar refractivity (Wildman–Crippen MR) is 108 cm³/mol. The van der Waals surface area contributed by atoms with Crippen LogP contribution in [-0.2, 0) is 6.54 Å². The maximum Gasteiger partial charge on any atom is 0.267 e. The highest BCUT2D eigenvalue weighted by atomic mass is 35.5. The standard InChI is InChI=1S/C20H22ClN5O/c1-25-6-8-26(9-7-25)19-5-2-14(12-22-19)13-23-20(27)18-11-15-10-16(21)3-4-17(15)24-18/h2-5,10-12,24H,6-9,13H2,1H3,(H,23,27). The maximum absolute atomic E-state index is 12.4. The van der Waals surface area contributed by atoms with Gasteiger partial charge in [-0.25, -0.2) is 4.98 Å². The van der Waals surface area contributed by atoms with E-state index in [1.54, 1.807) is 6.07 Å². The molecule has 140 valence electrons. The van der Waals surface area contributed by atoms with Crippen molar-refractivity contribution >= 4 is 34.2 Å². The number of amides is 1. The second-order valence-corrected chi connectivity index (χ2v) is 7.35. The van der Waals surface area contributed by atoms with Gasteiger partial charge in [-0.2, -0.15) is 0 Å². The van der Waals surface area contributed by atoms with E-state index in [0.717, 1.165) is 48.5 Å². The van der Waals surface area contributed by atoms with Crippen molar-refractivity contribution in [1.82, 2.24) is 20.2 Å². The average Bonchev–Trinajstić information content (AvgIpc) is 3.10. The molecule has 0 bridgehead atoms. The molecule has 0 atom stereocenters. The summed E-state index contributed by atoms with van der Waals surface area (Å²) in [6.45, 7) is 4.52. The van der Waals surface area contributed by atoms with Crippen molar-refractivity contribution in [2.75, 3.05) is 38.1 Å². The molecule has 1 aliphatic heterocycles. The van der Waals surface area contributed by atoms with Gasteiger partial charge >= 0.3 is 0 Å². The normalized spacial score (nSPS) is 15.3. The van der Waals surface area contributed by atoms with Gasteiger partial charge < -0.3 is 20.1 Å². The lowest BCUT2D eigenvalue weighted by Gasteiger charge is -2.33. The van der Waals surface area contributed by atoms with Gasteiger partial charge in [-0.15, -0.1) is 0 Å². The van der Waals surface area contributed by atoms with Crippen molar-refractivity contribution in [3.8, 4) is 0 Å². The Balaban J connectivity index is 1.37. The van der Waals surface area contributed by atoms with Crippen LogP contribution < -0.4 is 10.2 Å². The number of carbonyl (C=O) groups excluding carboxylic acids is 1. The van der Waals surface area contributed by atoms with Crippen LogP contribution in [0.15, 0.2) is 42.6 Å². The second-order valence-electron chi connectivity index (χ2n) is 6.91. The molecule has 3 heterocycles. The monoisotopic (exact) mass is 383 g/mol. The molecule has 1 aliphatic rings. The van der Waals surface area contributed by atoms with Crippen molar-refractivity contribution in [2.24, 2.45) is 0 Å². The van der Waals surface area contributed by atoms with Crippen LogP contribution in [0.25, 0.3) is 10.9 Å². The number of fused-ring (bicyclic) bond motifs is 1. The summed E-state index contributed by atoms with van der Waals surface area (Å²) in [4.78, 5) is 24.7. The number of halogens is 1. The van der Waals surface area contributed by atoms with E-state index in [1.165, 1.54) is 0 Å². The number of aromatic nitrogens is 2. The molecule has 0 spiro atoms. The van der Waals surface area contributed by atoms with Crippen LogP contribution in [0.4, 0.5) is 5.82 Å². The minimum absolute atomic E-state index is 0.148. The van der Waals surface area contributed by atoms with E-state index in [2.05, 4.69) is 32.1 Å². The molecule has 0 radical (unpaired) electrons. The first-order valence-electron chi connectivity index (χ1n) is 9.03. The summed E-state index contributed by atoms with van der Waals surface area (Å²) in [5.41, 5.74) is 2.39. The number of rotatable bonds is 4. The molecule has 2 aromatic heterocycles. The van der Waals surface area contributed by atoms with Gasteiger partial charge in [0.15, 0.2) is 0 Å². The Kier molecular flexibility index (Phi) is 5.01. The van der Waals surface area contributed by atoms with Crippen molar-refractivity contribution in [3.05, 3.63) is 58.9 Å². The predicted octanol–water partition coefficient (Wildman–Crippen LogP) is 2.90. The molecule has 0 unspecified atom stereocenters. The third-order valence-corrected chi connectivity index (χ3v) is 5.15. The molecule has 3 aromatic rings. The van der Waals surface area contributed by atoms with E-state index in [1.807, 2.05) is 36.5 Å². The van der Waals surface area contributed by atoms with E-state index in [0.29, 0.717) is 17.3 Å². The lowest BCUT2D eigenvalue weighted by atomic mass is 10.2. The summed E-state index contributed by atoms with van der Waals surface area (Å²) in [6, 6.07) is 11.4. The lowest BCUT2D eigenvalue weighted by Crippen LogP contribution is -2.44. The number of H-pyrrole nitrogens is 1. The van der Waals surface area contributed by atoms with Crippen LogP contribution in [0.1, 0.15) is 16.1 Å². The Morgan fingerprint density at radius 1 is 1.19 bits per heavy atom. The van der Waals surface area contributed by atoms with Gasteiger partial charge in [0.25, 0.3) is 5.91 Å². The van der Waals surface area contributed by atoms with Crippen LogP contribution in [0.5, 0.6) is 0 Å². The van der Waals surface area contributed by atoms with Gasteiger partial charge in [0.2, 0.25) is 0 Å². The highest BCUT2D eigenvalue weighted by Crippen LogP contribution is 2.20. The number of nitrogens with one attached hydrogen (secondary N) is 2. The average molecular weight is 384 g/mol. The van der Waals surface area contributed by atoms with E-state index in [-0.39, 0.29) is 5.91 Å². The summed E-state index contributed by atoms with van der Waals surface area (Å²) < 4.78 is 0. The van der Waals surface area contributed by atoms with Crippen LogP contribution >= 0.6 is 11.6 Å². The molecule has 4 rings (SSSR count). The second kappa shape index (κ2) is 7.58. The van der Waals surface area contributed by atoms with Crippen LogP contribution in [0, 0.1) is 0 Å². The van der Waals surface area contributed by atoms with Gasteiger partial charge in [0.1, 0.15) is 11.5 Å². The Morgan fingerprint density at radius 2 is 2.00 bits per heavy atom. The van der Waals surface area contributed by atoms with Gasteiger partial charge in [-0.05, 0) is 42.9 Å². The number of benzene rings is 1. The van der Waals surface area contributed by atoms with Crippen molar-refractivity contribution in [2.45, 2.75) is 6.54 Å². The Bertz CT molecular complexity index is 945. The van der Waals surface area contributed by atoms with Crippen molar-refractivity contribution < 1.29 is 4.79 Å². The molecule has 27 heavy (non-hydrogen) atoms. The Hall–Kier alpha value is -2.57. The number of likely N-dealkylation sites (N-methyl/N-ethyl adjacent to an activating group) is 1.